The Morgan fingerprint density at radius 3 is 2.57 bits per heavy atom. The number of halogens is 7. The number of amides is 1. The van der Waals surface area contributed by atoms with E-state index in [0.29, 0.717) is 21.8 Å². The van der Waals surface area contributed by atoms with Gasteiger partial charge < -0.3 is 5.32 Å². The first-order valence-corrected chi connectivity index (χ1v) is 14.0. The Morgan fingerprint density at radius 1 is 1.11 bits per heavy atom. The van der Waals surface area contributed by atoms with Crippen molar-refractivity contribution in [3.63, 3.8) is 0 Å². The van der Waals surface area contributed by atoms with Gasteiger partial charge in [-0.2, -0.15) is 24.2 Å². The number of nitrogens with one attached hydrogen (secondary N) is 2. The number of pyridine rings is 1. The van der Waals surface area contributed by atoms with Crippen molar-refractivity contribution >= 4 is 16.9 Å². The van der Waals surface area contributed by atoms with Gasteiger partial charge in [0.1, 0.15) is 47.0 Å². The molecule has 2 aromatic carbocycles. The zero-order chi connectivity index (χ0) is 32.5. The molecular formula is C31H20F7N7O. The molecule has 0 radical (unpaired) electrons. The van der Waals surface area contributed by atoms with Crippen LogP contribution in [0.25, 0.3) is 22.2 Å². The third kappa shape index (κ3) is 4.93. The molecule has 1 amide bonds. The highest BCUT2D eigenvalue weighted by Crippen LogP contribution is 2.68. The number of hydrogen-bond donors (Lipinski definition) is 2. The van der Waals surface area contributed by atoms with Crippen LogP contribution in [-0.2, 0) is 23.7 Å². The molecule has 1 saturated carbocycles. The molecule has 2 aliphatic rings. The molecule has 8 nitrogen and oxygen atoms in total. The Hall–Kier alpha value is -5.26. The lowest BCUT2D eigenvalue weighted by molar-refractivity contribution is -0.123. The van der Waals surface area contributed by atoms with E-state index in [1.807, 2.05) is 0 Å². The third-order valence-electron chi connectivity index (χ3n) is 8.34. The van der Waals surface area contributed by atoms with Crippen LogP contribution in [0.2, 0.25) is 0 Å². The van der Waals surface area contributed by atoms with Gasteiger partial charge in [-0.1, -0.05) is 6.07 Å². The number of nitriles is 1. The van der Waals surface area contributed by atoms with Crippen molar-refractivity contribution in [1.82, 2.24) is 30.3 Å². The first kappa shape index (κ1) is 29.5. The molecule has 234 valence electrons. The second-order valence-electron chi connectivity index (χ2n) is 11.3. The SMILES string of the molecule is N#Cc1ccc(-c2cc3[nH]ncc3nc2C(Cc2cc(F)cc(F)c2)NC(=O)Cn2nc(C(F)F)c3c2C(F)(F)[C@@H]2C[C@H]32)cc1F. The number of benzene rings is 2. The monoisotopic (exact) mass is 639 g/mol. The summed E-state index contributed by atoms with van der Waals surface area (Å²) in [7, 11) is 0. The zero-order valence-corrected chi connectivity index (χ0v) is 23.3. The summed E-state index contributed by atoms with van der Waals surface area (Å²) in [5.41, 5.74) is -0.625. The van der Waals surface area contributed by atoms with Gasteiger partial charge in [0, 0.05) is 23.1 Å². The van der Waals surface area contributed by atoms with Crippen molar-refractivity contribution in [2.24, 2.45) is 5.92 Å². The molecule has 3 aromatic heterocycles. The van der Waals surface area contributed by atoms with Gasteiger partial charge in [-0.3, -0.25) is 14.6 Å². The summed E-state index contributed by atoms with van der Waals surface area (Å²) in [6, 6.07) is 8.54. The molecule has 1 fully saturated rings. The molecule has 0 saturated heterocycles. The summed E-state index contributed by atoms with van der Waals surface area (Å²) in [6.07, 6.45) is -1.99. The first-order chi connectivity index (χ1) is 21.9. The summed E-state index contributed by atoms with van der Waals surface area (Å²) < 4.78 is 102. The fraction of sp³-hybridized carbons (Fsp3) is 0.258. The smallest absolute Gasteiger partial charge is 0.293 e. The minimum Gasteiger partial charge on any atom is -0.346 e. The molecule has 7 rings (SSSR count). The minimum absolute atomic E-state index is 0.0464. The molecule has 1 unspecified atom stereocenters. The third-order valence-corrected chi connectivity index (χ3v) is 8.34. The number of H-pyrrole nitrogens is 1. The maximum atomic E-state index is 15.1. The average Bonchev–Trinajstić information content (AvgIpc) is 3.40. The highest BCUT2D eigenvalue weighted by Gasteiger charge is 2.67. The lowest BCUT2D eigenvalue weighted by Gasteiger charge is -2.23. The van der Waals surface area contributed by atoms with Crippen molar-refractivity contribution < 1.29 is 35.5 Å². The number of fused-ring (bicyclic) bond motifs is 4. The van der Waals surface area contributed by atoms with E-state index in [9.17, 15) is 32.0 Å². The van der Waals surface area contributed by atoms with Crippen molar-refractivity contribution in [2.75, 3.05) is 0 Å². The number of alkyl halides is 4. The molecule has 3 atom stereocenters. The van der Waals surface area contributed by atoms with E-state index in [-0.39, 0.29) is 46.4 Å². The predicted octanol–water partition coefficient (Wildman–Crippen LogP) is 6.36. The van der Waals surface area contributed by atoms with Gasteiger partial charge in [-0.05, 0) is 60.2 Å². The van der Waals surface area contributed by atoms with E-state index >= 15 is 8.78 Å². The molecule has 3 heterocycles. The van der Waals surface area contributed by atoms with Crippen LogP contribution in [0.15, 0.2) is 48.7 Å². The number of hydrogen-bond acceptors (Lipinski definition) is 5. The number of aromatic nitrogens is 5. The second-order valence-corrected chi connectivity index (χ2v) is 11.3. The van der Waals surface area contributed by atoms with Crippen molar-refractivity contribution in [3.05, 3.63) is 99.9 Å². The lowest BCUT2D eigenvalue weighted by Crippen LogP contribution is -2.35. The largest absolute Gasteiger partial charge is 0.346 e. The van der Waals surface area contributed by atoms with E-state index in [1.165, 1.54) is 18.3 Å². The molecule has 0 aliphatic heterocycles. The Labute approximate surface area is 254 Å². The summed E-state index contributed by atoms with van der Waals surface area (Å²) >= 11 is 0. The molecule has 0 spiro atoms. The summed E-state index contributed by atoms with van der Waals surface area (Å²) in [5, 5.41) is 22.2. The predicted molar refractivity (Wildman–Crippen MR) is 147 cm³/mol. The number of nitrogens with zero attached hydrogens (tertiary/aromatic N) is 5. The van der Waals surface area contributed by atoms with E-state index in [2.05, 4.69) is 25.6 Å². The van der Waals surface area contributed by atoms with Crippen LogP contribution in [0.5, 0.6) is 0 Å². The van der Waals surface area contributed by atoms with Crippen molar-refractivity contribution in [3.8, 4) is 17.2 Å². The Balaban J connectivity index is 1.30. The van der Waals surface area contributed by atoms with Crippen LogP contribution in [-0.4, -0.2) is 30.9 Å². The van der Waals surface area contributed by atoms with Gasteiger partial charge in [-0.15, -0.1) is 0 Å². The van der Waals surface area contributed by atoms with Crippen LogP contribution in [0, 0.1) is 34.7 Å². The standard InChI is InChI=1S/C31H20F7N7O/c32-16-3-13(4-17(33)7-16)5-23(27-18(9-22-24(42-27)11-40-43-22)14-1-2-15(10-39)21(34)6-14)41-25(46)12-45-29-26(28(44-45)30(35)36)19-8-20(19)31(29,37)38/h1-4,6-7,9,11,19-20,23,30H,5,8,12H2,(H,40,43)(H,41,46)/t19-,20+,23?/m0/s1. The average molecular weight is 640 g/mol. The van der Waals surface area contributed by atoms with E-state index in [1.54, 1.807) is 12.1 Å². The van der Waals surface area contributed by atoms with Gasteiger partial charge in [0.2, 0.25) is 5.91 Å². The molecule has 0 bridgehead atoms. The van der Waals surface area contributed by atoms with Crippen LogP contribution < -0.4 is 5.32 Å². The van der Waals surface area contributed by atoms with Crippen LogP contribution in [0.4, 0.5) is 30.7 Å². The lowest BCUT2D eigenvalue weighted by atomic mass is 9.94. The molecule has 15 heteroatoms. The Kier molecular flexibility index (Phi) is 6.84. The van der Waals surface area contributed by atoms with Gasteiger partial charge in [0.25, 0.3) is 12.3 Å². The molecule has 2 N–H and O–H groups in total. The van der Waals surface area contributed by atoms with E-state index in [4.69, 9.17) is 0 Å². The quantitative estimate of drug-likeness (QED) is 0.192. The maximum Gasteiger partial charge on any atom is 0.293 e. The molecule has 2 aliphatic carbocycles. The number of carbonyl (C=O) groups excluding carboxylic acids is 1. The zero-order valence-electron chi connectivity index (χ0n) is 23.3. The topological polar surface area (TPSA) is 112 Å². The van der Waals surface area contributed by atoms with Gasteiger partial charge in [-0.25, -0.2) is 26.9 Å². The van der Waals surface area contributed by atoms with Crippen LogP contribution >= 0.6 is 0 Å². The summed E-state index contributed by atoms with van der Waals surface area (Å²) in [6.45, 7) is -0.868. The summed E-state index contributed by atoms with van der Waals surface area (Å²) in [5.74, 6) is -8.94. The van der Waals surface area contributed by atoms with Crippen molar-refractivity contribution in [1.29, 1.82) is 5.26 Å². The van der Waals surface area contributed by atoms with E-state index in [0.717, 1.165) is 18.2 Å². The Morgan fingerprint density at radius 2 is 1.87 bits per heavy atom. The molecule has 46 heavy (non-hydrogen) atoms. The Bertz CT molecular complexity index is 2060. The fourth-order valence-corrected chi connectivity index (χ4v) is 6.30. The molecule has 5 aromatic rings. The van der Waals surface area contributed by atoms with Gasteiger partial charge in [0.15, 0.2) is 0 Å². The minimum atomic E-state index is -3.46. The van der Waals surface area contributed by atoms with E-state index < -0.39 is 71.5 Å². The first-order valence-electron chi connectivity index (χ1n) is 14.0. The van der Waals surface area contributed by atoms with Crippen LogP contribution in [0.1, 0.15) is 58.6 Å². The van der Waals surface area contributed by atoms with Crippen LogP contribution in [0.3, 0.4) is 0 Å². The number of carbonyl (C=O) groups is 1. The fourth-order valence-electron chi connectivity index (χ4n) is 6.30. The van der Waals surface area contributed by atoms with Gasteiger partial charge in [0.05, 0.1) is 29.0 Å². The van der Waals surface area contributed by atoms with Gasteiger partial charge >= 0.3 is 0 Å². The van der Waals surface area contributed by atoms with Crippen molar-refractivity contribution in [2.45, 2.75) is 43.7 Å². The highest BCUT2D eigenvalue weighted by molar-refractivity contribution is 5.83. The normalized spacial score (nSPS) is 18.3. The number of aromatic amines is 1. The summed E-state index contributed by atoms with van der Waals surface area (Å²) in [4.78, 5) is 18.1. The molecular weight excluding hydrogens is 619 g/mol. The number of rotatable bonds is 8. The highest BCUT2D eigenvalue weighted by atomic mass is 19.3. The second kappa shape index (κ2) is 10.7. The maximum absolute atomic E-state index is 15.1.